The van der Waals surface area contributed by atoms with E-state index in [4.69, 9.17) is 26.8 Å². The second kappa shape index (κ2) is 20.9. The van der Waals surface area contributed by atoms with Crippen LogP contribution in [0.3, 0.4) is 0 Å². The second-order valence-corrected chi connectivity index (χ2v) is 16.5. The van der Waals surface area contributed by atoms with E-state index in [2.05, 4.69) is 35.2 Å². The number of ether oxygens (including phenoxy) is 2. The highest BCUT2D eigenvalue weighted by Gasteiger charge is 2.30. The number of nitrogens with one attached hydrogen (secondary N) is 1. The lowest BCUT2D eigenvalue weighted by Crippen LogP contribution is -2.34. The Morgan fingerprint density at radius 3 is 1.56 bits per heavy atom. The van der Waals surface area contributed by atoms with Gasteiger partial charge in [0.05, 0.1) is 59.9 Å². The Kier molecular flexibility index (Phi) is 14.6. The van der Waals surface area contributed by atoms with Crippen LogP contribution in [0, 0.1) is 37.1 Å². The van der Waals surface area contributed by atoms with Gasteiger partial charge in [0.25, 0.3) is 12.9 Å². The molecule has 14 nitrogen and oxygen atoms in total. The normalized spacial score (nSPS) is 14.9. The quantitative estimate of drug-likeness (QED) is 0.0847. The number of nitrogens with two attached hydrogens (primary N) is 1. The number of nitrogen functional groups attached to an aromatic ring is 1. The van der Waals surface area contributed by atoms with E-state index in [1.165, 1.54) is 66.0 Å². The van der Waals surface area contributed by atoms with Crippen LogP contribution in [-0.4, -0.2) is 66.3 Å². The smallest absolute Gasteiger partial charge is 0.265 e. The Bertz CT molecular complexity index is 3160. The molecule has 2 atom stereocenters. The van der Waals surface area contributed by atoms with Crippen molar-refractivity contribution in [1.29, 1.82) is 0 Å². The number of imidazole rings is 2. The molecule has 0 bridgehead atoms. The minimum Gasteiger partial charge on any atom is -0.486 e. The number of likely N-dealkylation sites (N-methyl/N-ethyl adjacent to an activating group) is 2. The molecular weight excluding hydrogens is 964 g/mol. The van der Waals surface area contributed by atoms with Crippen molar-refractivity contribution in [3.63, 3.8) is 0 Å². The van der Waals surface area contributed by atoms with Crippen LogP contribution in [0.15, 0.2) is 110 Å². The number of nitrogens with zero attached hydrogens (tertiary/aromatic N) is 10. The third-order valence-corrected chi connectivity index (χ3v) is 11.3. The minimum atomic E-state index is -2.72. The standard InChI is InChI=1S/C24H20F4N6O.C13H10ClF2N3O.C11H11F2N3/c1-13-10-34(12-30-13)19-4-3-17(8-18(19)22(27)28)31-24-29-9-21-23(32-24)33(2)20(11-35-21)14-5-15(25)7-16(26)6-14;1-19-10(7-2-8(15)4-9(16)3-7)6-20-11-5-17-13(14)18-12(11)19;1-7-5-16(6-15-7)10-3-2-8(14)4-9(10)11(12)13/h3-10,12,20,22H,11H2,1-2H3,(H,29,31,32);2-5,10H,6H2,1H3;2-6,11H,14H2,1H3. The number of halogens is 9. The zero-order valence-corrected chi connectivity index (χ0v) is 38.6. The summed E-state index contributed by atoms with van der Waals surface area (Å²) in [6, 6.07) is 14.8. The molecule has 0 radical (unpaired) electrons. The first-order chi connectivity index (χ1) is 33.9. The van der Waals surface area contributed by atoms with Gasteiger partial charge in [-0.05, 0) is 97.2 Å². The zero-order chi connectivity index (χ0) is 50.7. The van der Waals surface area contributed by atoms with E-state index in [-0.39, 0.29) is 41.6 Å². The Labute approximate surface area is 405 Å². The van der Waals surface area contributed by atoms with Gasteiger partial charge in [-0.2, -0.15) is 9.97 Å². The van der Waals surface area contributed by atoms with E-state index in [0.717, 1.165) is 17.8 Å². The van der Waals surface area contributed by atoms with Gasteiger partial charge in [0, 0.05) is 61.1 Å². The van der Waals surface area contributed by atoms with Gasteiger partial charge in [-0.3, -0.25) is 0 Å². The van der Waals surface area contributed by atoms with Crippen molar-refractivity contribution < 1.29 is 44.6 Å². The third-order valence-electron chi connectivity index (χ3n) is 11.2. The number of hydrogen-bond donors (Lipinski definition) is 2. The van der Waals surface area contributed by atoms with E-state index >= 15 is 0 Å². The molecule has 6 heterocycles. The van der Waals surface area contributed by atoms with Crippen LogP contribution in [0.4, 0.5) is 64.1 Å². The van der Waals surface area contributed by atoms with Gasteiger partial charge >= 0.3 is 0 Å². The Morgan fingerprint density at radius 1 is 0.620 bits per heavy atom. The number of aryl methyl sites for hydroxylation is 2. The number of alkyl halides is 4. The average molecular weight is 1010 g/mol. The van der Waals surface area contributed by atoms with Gasteiger partial charge in [0.15, 0.2) is 23.1 Å². The Balaban J connectivity index is 0.000000158. The van der Waals surface area contributed by atoms with Crippen LogP contribution in [0.1, 0.15) is 58.6 Å². The highest BCUT2D eigenvalue weighted by molar-refractivity contribution is 6.28. The van der Waals surface area contributed by atoms with Crippen LogP contribution in [0.25, 0.3) is 11.4 Å². The lowest BCUT2D eigenvalue weighted by Gasteiger charge is -2.35. The first kappa shape index (κ1) is 49.4. The van der Waals surface area contributed by atoms with Crippen molar-refractivity contribution in [2.75, 3.05) is 48.2 Å². The summed E-state index contributed by atoms with van der Waals surface area (Å²) in [7, 11) is 3.49. The fraction of sp³-hybridized carbons (Fsp3) is 0.208. The molecule has 0 amide bonds. The average Bonchev–Trinajstić information content (AvgIpc) is 3.97. The SMILES string of the molecule is CN1c2nc(Cl)ncc2OCC1c1cc(F)cc(F)c1.Cc1cn(-c2ccc(N)cc2C(F)F)cn1.Cc1cn(-c2ccc(Nc3ncc4c(n3)N(C)C(c3cc(F)cc(F)c3)CO4)cc2C(F)F)cn1. The Morgan fingerprint density at radius 2 is 1.08 bits per heavy atom. The summed E-state index contributed by atoms with van der Waals surface area (Å²) >= 11 is 5.76. The molecule has 10 rings (SSSR count). The molecule has 0 fully saturated rings. The summed E-state index contributed by atoms with van der Waals surface area (Å²) in [4.78, 5) is 28.2. The van der Waals surface area contributed by atoms with Crippen LogP contribution < -0.4 is 30.3 Å². The van der Waals surface area contributed by atoms with Crippen molar-refractivity contribution in [2.45, 2.75) is 38.8 Å². The monoisotopic (exact) mass is 1000 g/mol. The maximum absolute atomic E-state index is 13.8. The van der Waals surface area contributed by atoms with Crippen molar-refractivity contribution in [3.8, 4) is 22.9 Å². The van der Waals surface area contributed by atoms with Gasteiger partial charge < -0.3 is 39.5 Å². The number of rotatable bonds is 8. The second-order valence-electron chi connectivity index (χ2n) is 16.2. The summed E-state index contributed by atoms with van der Waals surface area (Å²) in [5.74, 6) is -0.706. The number of hydrogen-bond acceptors (Lipinski definition) is 12. The molecule has 4 aromatic heterocycles. The molecule has 0 spiro atoms. The van der Waals surface area contributed by atoms with Crippen LogP contribution >= 0.6 is 11.6 Å². The van der Waals surface area contributed by atoms with Gasteiger partial charge in [0.2, 0.25) is 11.2 Å². The summed E-state index contributed by atoms with van der Waals surface area (Å²) in [6.07, 6.45) is 4.01. The van der Waals surface area contributed by atoms with Crippen molar-refractivity contribution >= 4 is 40.6 Å². The third kappa shape index (κ3) is 11.4. The lowest BCUT2D eigenvalue weighted by atomic mass is 10.0. The van der Waals surface area contributed by atoms with E-state index in [0.29, 0.717) is 62.7 Å². The molecule has 23 heteroatoms. The molecule has 3 N–H and O–H groups in total. The Hall–Kier alpha value is -8.01. The molecule has 2 aliphatic rings. The molecule has 368 valence electrons. The van der Waals surface area contributed by atoms with E-state index in [1.54, 1.807) is 79.0 Å². The molecular formula is C48H41ClF8N12O2. The van der Waals surface area contributed by atoms with E-state index in [1.807, 2.05) is 0 Å². The zero-order valence-electron chi connectivity index (χ0n) is 37.9. The first-order valence-electron chi connectivity index (χ1n) is 21.3. The van der Waals surface area contributed by atoms with Crippen LogP contribution in [0.5, 0.6) is 11.5 Å². The maximum atomic E-state index is 13.8. The molecule has 0 saturated heterocycles. The molecule has 71 heavy (non-hydrogen) atoms. The van der Waals surface area contributed by atoms with Crippen molar-refractivity contribution in [1.82, 2.24) is 39.0 Å². The highest BCUT2D eigenvalue weighted by atomic mass is 35.5. The van der Waals surface area contributed by atoms with Crippen LogP contribution in [-0.2, 0) is 0 Å². The largest absolute Gasteiger partial charge is 0.486 e. The molecule has 0 saturated carbocycles. The fourth-order valence-electron chi connectivity index (χ4n) is 7.76. The molecule has 4 aromatic carbocycles. The molecule has 8 aromatic rings. The summed E-state index contributed by atoms with van der Waals surface area (Å²) in [5, 5.41) is 3.03. The number of fused-ring (bicyclic) bond motifs is 2. The number of benzene rings is 4. The molecule has 0 aliphatic carbocycles. The summed E-state index contributed by atoms with van der Waals surface area (Å²) < 4.78 is 122. The number of anilines is 5. The molecule has 2 unspecified atom stereocenters. The fourth-order valence-corrected chi connectivity index (χ4v) is 7.89. The van der Waals surface area contributed by atoms with E-state index in [9.17, 15) is 35.1 Å². The predicted octanol–water partition coefficient (Wildman–Crippen LogP) is 11.2. The lowest BCUT2D eigenvalue weighted by molar-refractivity contribution is 0.151. The number of aromatic nitrogens is 8. The summed E-state index contributed by atoms with van der Waals surface area (Å²) in [6.45, 7) is 3.97. The van der Waals surface area contributed by atoms with Gasteiger partial charge in [0.1, 0.15) is 36.5 Å². The van der Waals surface area contributed by atoms with E-state index < -0.39 is 42.2 Å². The predicted molar refractivity (Wildman–Crippen MR) is 249 cm³/mol. The van der Waals surface area contributed by atoms with Gasteiger partial charge in [-0.15, -0.1) is 0 Å². The van der Waals surface area contributed by atoms with Gasteiger partial charge in [-0.25, -0.2) is 55.1 Å². The van der Waals surface area contributed by atoms with Crippen LogP contribution in [0.2, 0.25) is 5.28 Å². The maximum Gasteiger partial charge on any atom is 0.265 e. The van der Waals surface area contributed by atoms with Crippen molar-refractivity contribution in [3.05, 3.63) is 172 Å². The topological polar surface area (TPSA) is 150 Å². The minimum absolute atomic E-state index is 0.0857. The molecule has 2 aliphatic heterocycles. The van der Waals surface area contributed by atoms with Crippen molar-refractivity contribution in [2.24, 2.45) is 0 Å². The first-order valence-corrected chi connectivity index (χ1v) is 21.7. The highest BCUT2D eigenvalue weighted by Crippen LogP contribution is 2.39. The summed E-state index contributed by atoms with van der Waals surface area (Å²) in [5.41, 5.74) is 9.00. The van der Waals surface area contributed by atoms with Gasteiger partial charge in [-0.1, -0.05) is 0 Å².